The zero-order chi connectivity index (χ0) is 55.3. The Hall–Kier alpha value is -3.76. The molecule has 4 saturated heterocycles. The van der Waals surface area contributed by atoms with Gasteiger partial charge in [0.2, 0.25) is 35.4 Å². The third-order valence-electron chi connectivity index (χ3n) is 14.7. The summed E-state index contributed by atoms with van der Waals surface area (Å²) in [6.07, 6.45) is 10.9. The van der Waals surface area contributed by atoms with E-state index in [0.29, 0.717) is 88.7 Å². The van der Waals surface area contributed by atoms with Crippen LogP contribution in [0.1, 0.15) is 153 Å². The number of phenolic OH excluding ortho intramolecular Hbond substituents is 2. The van der Waals surface area contributed by atoms with Crippen LogP contribution < -0.4 is 45.3 Å². The maximum atomic E-state index is 13.4. The number of aliphatic carboxylic acids is 2. The molecule has 20 nitrogen and oxygen atoms in total. The summed E-state index contributed by atoms with van der Waals surface area (Å²) < 4.78 is 0. The number of benzene rings is 2. The van der Waals surface area contributed by atoms with Gasteiger partial charge >= 0.3 is 35.5 Å². The molecule has 5 N–H and O–H groups in total. The molecule has 0 saturated carbocycles. The number of hydrogen-bond acceptors (Lipinski definition) is 13. The standard InChI is InChI=1S/2C28H39N3O7.Na.6H2S/c2*1-2-3-4-9-26(35)30-16-6-8-23(30)27(36)31-17-5-7-22(31)24(33)14-15-25(34)29-21(28(37)38)18-19-10-12-20(32)13-11-19;;;;;;;/h2*10-13,21-23,32H,2-9,14-18H2,1H3,(H,29,34)(H,37,38);;6*1H2/q;;+1;;;;;;/p-1/t2*21-,22-,23-;;;;;;;/m00......./s1. The third-order valence-corrected chi connectivity index (χ3v) is 14.7. The van der Waals surface area contributed by atoms with Crippen molar-refractivity contribution in [2.24, 2.45) is 0 Å². The number of hydrogen-bond donors (Lipinski definition) is 5. The fourth-order valence-electron chi connectivity index (χ4n) is 10.6. The summed E-state index contributed by atoms with van der Waals surface area (Å²) in [5.41, 5.74) is 1.23. The number of phenols is 2. The summed E-state index contributed by atoms with van der Waals surface area (Å²) in [4.78, 5) is 133. The van der Waals surface area contributed by atoms with Gasteiger partial charge in [-0.2, -0.15) is 81.0 Å². The van der Waals surface area contributed by atoms with Crippen molar-refractivity contribution in [3.8, 4) is 11.5 Å². The number of nitrogens with one attached hydrogen (secondary N) is 2. The van der Waals surface area contributed by atoms with E-state index in [9.17, 15) is 68.4 Å². The zero-order valence-electron chi connectivity index (χ0n) is 48.1. The summed E-state index contributed by atoms with van der Waals surface area (Å²) >= 11 is 0. The number of nitrogens with zero attached hydrogens (tertiary/aromatic N) is 4. The smallest absolute Gasteiger partial charge is 0.548 e. The molecule has 0 bridgehead atoms. The van der Waals surface area contributed by atoms with Gasteiger partial charge in [0.15, 0.2) is 11.6 Å². The predicted octanol–water partition coefficient (Wildman–Crippen LogP) is 1.18. The van der Waals surface area contributed by atoms with Gasteiger partial charge in [0.1, 0.15) is 29.6 Å². The van der Waals surface area contributed by atoms with Crippen LogP contribution >= 0.6 is 81.0 Å². The van der Waals surface area contributed by atoms with Crippen LogP contribution in [0.5, 0.6) is 11.5 Å². The summed E-state index contributed by atoms with van der Waals surface area (Å²) in [6.45, 7) is 6.14. The molecule has 27 heteroatoms. The second-order valence-electron chi connectivity index (χ2n) is 20.4. The molecule has 0 aromatic heterocycles. The molecule has 6 rings (SSSR count). The topological polar surface area (TPSA) is 291 Å². The van der Waals surface area contributed by atoms with Gasteiger partial charge in [-0.1, -0.05) is 63.8 Å². The molecular formula is C56H89N6NaO14S6. The zero-order valence-corrected chi connectivity index (χ0v) is 56.1. The van der Waals surface area contributed by atoms with Crippen LogP contribution in [0.15, 0.2) is 48.5 Å². The second kappa shape index (κ2) is 43.0. The van der Waals surface area contributed by atoms with Crippen LogP contribution in [-0.2, 0) is 60.8 Å². The number of carboxylic acids is 2. The molecule has 0 unspecified atom stereocenters. The number of carbonyl (C=O) groups is 10. The van der Waals surface area contributed by atoms with Gasteiger partial charge in [-0.05, 0) is 106 Å². The summed E-state index contributed by atoms with van der Waals surface area (Å²) in [6, 6.07) is 7.20. The van der Waals surface area contributed by atoms with Crippen LogP contribution in [0.25, 0.3) is 0 Å². The summed E-state index contributed by atoms with van der Waals surface area (Å²) in [5, 5.41) is 44.7. The first kappa shape index (κ1) is 83.5. The van der Waals surface area contributed by atoms with Crippen LogP contribution in [0, 0.1) is 0 Å². The number of Topliss-reactive ketones (excluding diaryl/α,β-unsaturated/α-hetero) is 2. The molecule has 6 atom stereocenters. The average Bonchev–Trinajstić information content (AvgIpc) is 4.26. The molecule has 464 valence electrons. The Morgan fingerprint density at radius 3 is 1.14 bits per heavy atom. The molecule has 4 aliphatic rings. The fourth-order valence-corrected chi connectivity index (χ4v) is 10.6. The van der Waals surface area contributed by atoms with E-state index in [-0.39, 0.29) is 196 Å². The minimum Gasteiger partial charge on any atom is -0.548 e. The maximum absolute atomic E-state index is 13.4. The Balaban J connectivity index is -0.00000142. The van der Waals surface area contributed by atoms with Crippen LogP contribution in [-0.4, -0.2) is 156 Å². The number of unbranched alkanes of at least 4 members (excludes halogenated alkanes) is 4. The van der Waals surface area contributed by atoms with Gasteiger partial charge in [-0.15, -0.1) is 0 Å². The van der Waals surface area contributed by atoms with Crippen molar-refractivity contribution in [1.29, 1.82) is 0 Å². The number of ketones is 2. The molecule has 0 spiro atoms. The van der Waals surface area contributed by atoms with E-state index >= 15 is 0 Å². The first-order valence-electron chi connectivity index (χ1n) is 27.3. The molecule has 0 radical (unpaired) electrons. The van der Waals surface area contributed by atoms with E-state index in [1.165, 1.54) is 24.3 Å². The fraction of sp³-hybridized carbons (Fsp3) is 0.607. The van der Waals surface area contributed by atoms with E-state index in [2.05, 4.69) is 24.5 Å². The molecule has 83 heavy (non-hydrogen) atoms. The Bertz CT molecular complexity index is 2220. The first-order chi connectivity index (χ1) is 36.4. The Labute approximate surface area is 552 Å². The van der Waals surface area contributed by atoms with Crippen molar-refractivity contribution in [3.05, 3.63) is 59.7 Å². The van der Waals surface area contributed by atoms with Gasteiger partial charge in [0.05, 0.1) is 24.1 Å². The Morgan fingerprint density at radius 1 is 0.482 bits per heavy atom. The maximum Gasteiger partial charge on any atom is 1.00 e. The van der Waals surface area contributed by atoms with E-state index in [1.807, 2.05) is 0 Å². The van der Waals surface area contributed by atoms with Crippen molar-refractivity contribution in [3.63, 3.8) is 0 Å². The largest absolute Gasteiger partial charge is 1.00 e. The quantitative estimate of drug-likeness (QED) is 0.0654. The van der Waals surface area contributed by atoms with Gasteiger partial charge < -0.3 is 55.5 Å². The van der Waals surface area contributed by atoms with E-state index in [4.69, 9.17) is 0 Å². The minimum absolute atomic E-state index is 0. The Kier molecular flexibility index (Phi) is 43.2. The first-order valence-corrected chi connectivity index (χ1v) is 27.3. The summed E-state index contributed by atoms with van der Waals surface area (Å²) in [5.74, 6) is -4.57. The SMILES string of the molecule is CCCCCC(=O)N1CCC[C@H]1C(=O)N1CCC[C@H]1C(=O)CCC(=O)N[C@@H](Cc1ccc(O)cc1)C(=O)O.CCCCCC(=O)N1CCC[C@H]1C(=O)N1CCC[C@H]1C(=O)CCC(=O)N[C@@H](Cc1ccc(O)cc1)C(=O)[O-].S.S.S.S.S.S.[Na+]. The van der Waals surface area contributed by atoms with Crippen LogP contribution in [0.3, 0.4) is 0 Å². The van der Waals surface area contributed by atoms with Crippen molar-refractivity contribution in [2.75, 3.05) is 26.2 Å². The normalized spacial score (nSPS) is 18.1. The molecular weight excluding hydrogens is 1200 g/mol. The Morgan fingerprint density at radius 2 is 0.807 bits per heavy atom. The number of likely N-dealkylation sites (tertiary alicyclic amines) is 4. The minimum atomic E-state index is -1.45. The molecule has 2 aromatic rings. The third kappa shape index (κ3) is 26.0. The number of aromatic hydroxyl groups is 2. The number of rotatable bonds is 26. The van der Waals surface area contributed by atoms with E-state index < -0.39 is 60.0 Å². The molecule has 4 aliphatic heterocycles. The average molecular weight is 1290 g/mol. The van der Waals surface area contributed by atoms with Crippen molar-refractivity contribution < 1.29 is 97.9 Å². The predicted molar refractivity (Wildman–Crippen MR) is 338 cm³/mol. The molecule has 4 fully saturated rings. The number of amides is 6. The van der Waals surface area contributed by atoms with Gasteiger partial charge in [0, 0.05) is 71.1 Å². The second-order valence-corrected chi connectivity index (χ2v) is 20.4. The van der Waals surface area contributed by atoms with Crippen LogP contribution in [0.4, 0.5) is 0 Å². The van der Waals surface area contributed by atoms with E-state index in [0.717, 1.165) is 51.4 Å². The van der Waals surface area contributed by atoms with Crippen molar-refractivity contribution in [1.82, 2.24) is 30.2 Å². The monoisotopic (exact) mass is 1280 g/mol. The summed E-state index contributed by atoms with van der Waals surface area (Å²) in [7, 11) is 0. The molecule has 6 amide bonds. The van der Waals surface area contributed by atoms with Crippen LogP contribution in [0.2, 0.25) is 0 Å². The van der Waals surface area contributed by atoms with Gasteiger partial charge in [-0.3, -0.25) is 38.4 Å². The van der Waals surface area contributed by atoms with Gasteiger partial charge in [0.25, 0.3) is 0 Å². The number of carbonyl (C=O) groups excluding carboxylic acids is 9. The van der Waals surface area contributed by atoms with Gasteiger partial charge in [-0.25, -0.2) is 4.79 Å². The van der Waals surface area contributed by atoms with Crippen molar-refractivity contribution in [2.45, 2.75) is 191 Å². The van der Waals surface area contributed by atoms with Crippen molar-refractivity contribution >= 4 is 140 Å². The number of carboxylic acid groups (broad SMARTS) is 2. The molecule has 2 aromatic carbocycles. The van der Waals surface area contributed by atoms with E-state index in [1.54, 1.807) is 43.9 Å². The molecule has 4 heterocycles. The molecule has 0 aliphatic carbocycles.